The number of nitrogens with one attached hydrogen (secondary N) is 1. The minimum atomic E-state index is -0.689. The number of thiophene rings is 1. The molecule has 1 rings (SSSR count). The van der Waals surface area contributed by atoms with Gasteiger partial charge >= 0.3 is 5.97 Å². The Morgan fingerprint density at radius 3 is 3.05 bits per heavy atom. The lowest BCUT2D eigenvalue weighted by molar-refractivity contribution is -0.138. The summed E-state index contributed by atoms with van der Waals surface area (Å²) in [6.45, 7) is 1.88. The second-order valence-electron chi connectivity index (χ2n) is 3.40. The highest BCUT2D eigenvalue weighted by Crippen LogP contribution is 2.05. The third-order valence-corrected chi connectivity index (χ3v) is 3.41. The number of carbonyl (C=O) groups excluding carboxylic acids is 1. The van der Waals surface area contributed by atoms with Crippen molar-refractivity contribution < 1.29 is 9.53 Å². The minimum Gasteiger partial charge on any atom is -0.462 e. The molecule has 110 valence electrons. The summed E-state index contributed by atoms with van der Waals surface area (Å²) in [6.07, 6.45) is 4.63. The first-order chi connectivity index (χ1) is 10.2. The molecule has 6 nitrogen and oxygen atoms in total. The zero-order valence-electron chi connectivity index (χ0n) is 11.6. The summed E-state index contributed by atoms with van der Waals surface area (Å²) in [6, 6.07) is 5.61. The van der Waals surface area contributed by atoms with E-state index in [1.54, 1.807) is 36.8 Å². The second-order valence-corrected chi connectivity index (χ2v) is 5.17. The largest absolute Gasteiger partial charge is 0.462 e. The molecule has 1 aromatic rings. The van der Waals surface area contributed by atoms with Gasteiger partial charge in [0.1, 0.15) is 6.07 Å². The summed E-state index contributed by atoms with van der Waals surface area (Å²) in [4.78, 5) is 16.4. The number of hydrogen-bond acceptors (Lipinski definition) is 7. The molecule has 0 spiro atoms. The van der Waals surface area contributed by atoms with E-state index < -0.39 is 5.97 Å². The van der Waals surface area contributed by atoms with Crippen molar-refractivity contribution in [1.82, 2.24) is 5.43 Å². The van der Waals surface area contributed by atoms with Crippen LogP contribution in [0.4, 0.5) is 0 Å². The standard InChI is InChI=1S/C13H14N4O2S2/c1-3-19-12(18)10(7-14)8-15-13(20-2)17-16-9-11-5-4-6-21-11/h4-6,8-9H,3H2,1-2H3,(H,15,17)/b10-8+,16-9-. The van der Waals surface area contributed by atoms with Gasteiger partial charge in [0.2, 0.25) is 0 Å². The van der Waals surface area contributed by atoms with Gasteiger partial charge in [-0.25, -0.2) is 9.79 Å². The van der Waals surface area contributed by atoms with Crippen LogP contribution in [0.5, 0.6) is 0 Å². The van der Waals surface area contributed by atoms with E-state index in [1.165, 1.54) is 11.8 Å². The topological polar surface area (TPSA) is 86.8 Å². The lowest BCUT2D eigenvalue weighted by Crippen LogP contribution is -2.13. The Bertz CT molecular complexity index is 586. The van der Waals surface area contributed by atoms with Crippen molar-refractivity contribution in [2.24, 2.45) is 10.1 Å². The number of amidine groups is 1. The second kappa shape index (κ2) is 9.74. The van der Waals surface area contributed by atoms with Crippen LogP contribution in [0.25, 0.3) is 0 Å². The summed E-state index contributed by atoms with van der Waals surface area (Å²) in [5, 5.41) is 15.3. The molecule has 1 heterocycles. The van der Waals surface area contributed by atoms with Gasteiger partial charge in [0, 0.05) is 4.88 Å². The van der Waals surface area contributed by atoms with Gasteiger partial charge < -0.3 is 4.74 Å². The van der Waals surface area contributed by atoms with Crippen molar-refractivity contribution in [1.29, 1.82) is 5.26 Å². The maximum Gasteiger partial charge on any atom is 0.350 e. The third-order valence-electron chi connectivity index (χ3n) is 2.02. The van der Waals surface area contributed by atoms with E-state index in [9.17, 15) is 4.79 Å². The summed E-state index contributed by atoms with van der Waals surface area (Å²) in [5.41, 5.74) is 2.58. The summed E-state index contributed by atoms with van der Waals surface area (Å²) < 4.78 is 4.74. The number of nitriles is 1. The molecular formula is C13H14N4O2S2. The Balaban J connectivity index is 2.69. The summed E-state index contributed by atoms with van der Waals surface area (Å²) in [7, 11) is 0. The van der Waals surface area contributed by atoms with Crippen LogP contribution in [0.3, 0.4) is 0 Å². The zero-order valence-corrected chi connectivity index (χ0v) is 13.2. The number of carbonyl (C=O) groups is 1. The Morgan fingerprint density at radius 1 is 1.67 bits per heavy atom. The van der Waals surface area contributed by atoms with Crippen LogP contribution in [0.1, 0.15) is 11.8 Å². The smallest absolute Gasteiger partial charge is 0.350 e. The molecule has 0 saturated heterocycles. The van der Waals surface area contributed by atoms with Crippen LogP contribution in [-0.2, 0) is 9.53 Å². The number of esters is 1. The molecule has 0 aliphatic rings. The molecule has 0 unspecified atom stereocenters. The molecule has 8 heteroatoms. The number of nitrogens with zero attached hydrogens (tertiary/aromatic N) is 3. The number of thioether (sulfide) groups is 1. The quantitative estimate of drug-likeness (QED) is 0.224. The predicted molar refractivity (Wildman–Crippen MR) is 86.3 cm³/mol. The lowest BCUT2D eigenvalue weighted by atomic mass is 10.3. The minimum absolute atomic E-state index is 0.160. The molecule has 0 saturated carbocycles. The monoisotopic (exact) mass is 322 g/mol. The zero-order chi connectivity index (χ0) is 15.5. The first-order valence-electron chi connectivity index (χ1n) is 5.93. The number of rotatable bonds is 5. The maximum atomic E-state index is 11.4. The van der Waals surface area contributed by atoms with Gasteiger partial charge in [0.05, 0.1) is 19.0 Å². The van der Waals surface area contributed by atoms with Gasteiger partial charge in [-0.1, -0.05) is 17.8 Å². The highest BCUT2D eigenvalue weighted by atomic mass is 32.2. The molecular weight excluding hydrogens is 308 g/mol. The Hall–Kier alpha value is -2.11. The molecule has 0 fully saturated rings. The average Bonchev–Trinajstić information content (AvgIpc) is 2.99. The predicted octanol–water partition coefficient (Wildman–Crippen LogP) is 2.36. The highest BCUT2D eigenvalue weighted by molar-refractivity contribution is 8.13. The van der Waals surface area contributed by atoms with E-state index in [-0.39, 0.29) is 12.2 Å². The number of ether oxygens (including phenoxy) is 1. The van der Waals surface area contributed by atoms with Crippen molar-refractivity contribution >= 4 is 40.5 Å². The SMILES string of the molecule is CCOC(=O)/C(C#N)=C/N=C(N/N=C\c1cccs1)SC. The molecule has 0 aromatic carbocycles. The fraction of sp³-hybridized carbons (Fsp3) is 0.231. The van der Waals surface area contributed by atoms with Gasteiger partial charge in [-0.3, -0.25) is 5.43 Å². The van der Waals surface area contributed by atoms with Gasteiger partial charge in [-0.05, 0) is 24.6 Å². The lowest BCUT2D eigenvalue weighted by Gasteiger charge is -2.00. The number of hydrazone groups is 1. The average molecular weight is 322 g/mol. The first-order valence-corrected chi connectivity index (χ1v) is 8.03. The molecule has 21 heavy (non-hydrogen) atoms. The van der Waals surface area contributed by atoms with E-state index in [4.69, 9.17) is 10.00 Å². The molecule has 0 bridgehead atoms. The van der Waals surface area contributed by atoms with E-state index in [1.807, 2.05) is 17.5 Å². The molecule has 0 aliphatic heterocycles. The van der Waals surface area contributed by atoms with Crippen molar-refractivity contribution in [3.8, 4) is 6.07 Å². The van der Waals surface area contributed by atoms with Gasteiger partial charge in [0.25, 0.3) is 0 Å². The Kier molecular flexibility index (Phi) is 7.86. The van der Waals surface area contributed by atoms with Gasteiger partial charge in [-0.2, -0.15) is 10.4 Å². The van der Waals surface area contributed by atoms with Crippen LogP contribution >= 0.6 is 23.1 Å². The highest BCUT2D eigenvalue weighted by Gasteiger charge is 2.09. The Labute approximate surface area is 131 Å². The first kappa shape index (κ1) is 16.9. The normalized spacial score (nSPS) is 12.2. The third kappa shape index (κ3) is 6.25. The molecule has 0 atom stereocenters. The van der Waals surface area contributed by atoms with Crippen molar-refractivity contribution in [3.63, 3.8) is 0 Å². The molecule has 0 radical (unpaired) electrons. The number of aliphatic imine (C=N–C) groups is 1. The van der Waals surface area contributed by atoms with E-state index in [0.29, 0.717) is 5.17 Å². The van der Waals surface area contributed by atoms with Crippen LogP contribution in [0.15, 0.2) is 39.4 Å². The maximum absolute atomic E-state index is 11.4. The number of hydrogen-bond donors (Lipinski definition) is 1. The van der Waals surface area contributed by atoms with Gasteiger partial charge in [0.15, 0.2) is 10.7 Å². The van der Waals surface area contributed by atoms with Crippen LogP contribution in [0, 0.1) is 11.3 Å². The molecule has 0 amide bonds. The van der Waals surface area contributed by atoms with Crippen molar-refractivity contribution in [2.75, 3.05) is 12.9 Å². The van der Waals surface area contributed by atoms with Crippen LogP contribution < -0.4 is 5.43 Å². The van der Waals surface area contributed by atoms with E-state index in [2.05, 4.69) is 15.5 Å². The van der Waals surface area contributed by atoms with E-state index >= 15 is 0 Å². The summed E-state index contributed by atoms with van der Waals surface area (Å²) in [5.74, 6) is -0.689. The molecule has 1 aromatic heterocycles. The fourth-order valence-electron chi connectivity index (χ4n) is 1.10. The molecule has 1 N–H and O–H groups in total. The van der Waals surface area contributed by atoms with Gasteiger partial charge in [-0.15, -0.1) is 11.3 Å². The molecule has 0 aliphatic carbocycles. The van der Waals surface area contributed by atoms with Crippen LogP contribution in [-0.4, -0.2) is 30.2 Å². The van der Waals surface area contributed by atoms with E-state index in [0.717, 1.165) is 11.1 Å². The van der Waals surface area contributed by atoms with Crippen molar-refractivity contribution in [2.45, 2.75) is 6.92 Å². The Morgan fingerprint density at radius 2 is 2.48 bits per heavy atom. The van der Waals surface area contributed by atoms with Crippen molar-refractivity contribution in [3.05, 3.63) is 34.2 Å². The van der Waals surface area contributed by atoms with Crippen LogP contribution in [0.2, 0.25) is 0 Å². The summed E-state index contributed by atoms with van der Waals surface area (Å²) >= 11 is 2.87. The fourth-order valence-corrected chi connectivity index (χ4v) is 1.99.